The molecule has 2 aromatic rings. The Morgan fingerprint density at radius 3 is 2.56 bits per heavy atom. The summed E-state index contributed by atoms with van der Waals surface area (Å²) in [7, 11) is 0. The van der Waals surface area contributed by atoms with Gasteiger partial charge in [-0.05, 0) is 36.6 Å². The quantitative estimate of drug-likeness (QED) is 0.625. The summed E-state index contributed by atoms with van der Waals surface area (Å²) in [5.74, 6) is -1.08. The van der Waals surface area contributed by atoms with E-state index in [9.17, 15) is 19.3 Å². The maximum absolute atomic E-state index is 14.0. The first-order valence-electron chi connectivity index (χ1n) is 7.94. The van der Waals surface area contributed by atoms with Gasteiger partial charge in [0.1, 0.15) is 5.82 Å². The fraction of sp³-hybridized carbons (Fsp3) is 0.278. The largest absolute Gasteiger partial charge is 0.323 e. The highest BCUT2D eigenvalue weighted by molar-refractivity contribution is 6.30. The molecule has 5 nitrogen and oxygen atoms in total. The molecule has 130 valence electrons. The molecule has 0 atom stereocenters. The molecule has 1 fully saturated rings. The van der Waals surface area contributed by atoms with Gasteiger partial charge in [0.25, 0.3) is 5.69 Å². The molecular formula is C18H16ClFN2O3. The Kier molecular flexibility index (Phi) is 4.72. The zero-order valence-corrected chi connectivity index (χ0v) is 14.1. The number of anilines is 1. The summed E-state index contributed by atoms with van der Waals surface area (Å²) in [5, 5.41) is 14.0. The number of nitro benzene ring substituents is 1. The van der Waals surface area contributed by atoms with Crippen molar-refractivity contribution in [3.63, 3.8) is 0 Å². The second-order valence-corrected chi connectivity index (χ2v) is 6.61. The minimum absolute atomic E-state index is 0.187. The lowest BCUT2D eigenvalue weighted by Gasteiger charge is -2.28. The fourth-order valence-electron chi connectivity index (χ4n) is 3.38. The summed E-state index contributed by atoms with van der Waals surface area (Å²) in [4.78, 5) is 23.2. The smallest absolute Gasteiger partial charge is 0.271 e. The molecule has 1 aliphatic rings. The molecule has 0 bridgehead atoms. The summed E-state index contributed by atoms with van der Waals surface area (Å²) < 4.78 is 14.0. The number of nitro groups is 1. The molecule has 2 aromatic carbocycles. The maximum atomic E-state index is 14.0. The van der Waals surface area contributed by atoms with Gasteiger partial charge >= 0.3 is 0 Å². The third-order valence-electron chi connectivity index (χ3n) is 4.68. The first-order valence-corrected chi connectivity index (χ1v) is 8.32. The zero-order valence-electron chi connectivity index (χ0n) is 13.3. The van der Waals surface area contributed by atoms with E-state index >= 15 is 0 Å². The molecule has 0 unspecified atom stereocenters. The zero-order chi connectivity index (χ0) is 18.0. The molecule has 7 heteroatoms. The first kappa shape index (κ1) is 17.4. The average Bonchev–Trinajstić information content (AvgIpc) is 3.07. The van der Waals surface area contributed by atoms with Crippen LogP contribution in [0.3, 0.4) is 0 Å². The summed E-state index contributed by atoms with van der Waals surface area (Å²) in [5.41, 5.74) is -0.490. The van der Waals surface area contributed by atoms with Gasteiger partial charge in [0.05, 0.1) is 16.0 Å². The van der Waals surface area contributed by atoms with E-state index in [0.29, 0.717) is 17.9 Å². The summed E-state index contributed by atoms with van der Waals surface area (Å²) in [6.45, 7) is 0. The Morgan fingerprint density at radius 1 is 1.20 bits per heavy atom. The van der Waals surface area contributed by atoms with E-state index in [2.05, 4.69) is 5.32 Å². The molecule has 0 aromatic heterocycles. The Labute approximate surface area is 149 Å². The minimum atomic E-state index is -0.804. The van der Waals surface area contributed by atoms with Gasteiger partial charge in [0.15, 0.2) is 0 Å². The molecule has 0 heterocycles. The fourth-order valence-corrected chi connectivity index (χ4v) is 3.57. The van der Waals surface area contributed by atoms with E-state index in [4.69, 9.17) is 11.6 Å². The highest BCUT2D eigenvalue weighted by atomic mass is 35.5. The van der Waals surface area contributed by atoms with E-state index in [1.165, 1.54) is 0 Å². The van der Waals surface area contributed by atoms with Crippen LogP contribution in [0.2, 0.25) is 5.02 Å². The van der Waals surface area contributed by atoms with Crippen molar-refractivity contribution in [2.24, 2.45) is 0 Å². The first-order chi connectivity index (χ1) is 11.9. The lowest BCUT2D eigenvalue weighted by atomic mass is 9.78. The van der Waals surface area contributed by atoms with Gasteiger partial charge in [0.2, 0.25) is 5.91 Å². The van der Waals surface area contributed by atoms with Crippen LogP contribution in [0.4, 0.5) is 15.8 Å². The van der Waals surface area contributed by atoms with E-state index in [1.54, 1.807) is 18.2 Å². The van der Waals surface area contributed by atoms with Crippen molar-refractivity contribution in [2.45, 2.75) is 31.1 Å². The Morgan fingerprint density at radius 2 is 1.92 bits per heavy atom. The lowest BCUT2D eigenvalue weighted by molar-refractivity contribution is -0.384. The lowest BCUT2D eigenvalue weighted by Crippen LogP contribution is -2.38. The molecule has 0 aliphatic heterocycles. The van der Waals surface area contributed by atoms with Crippen molar-refractivity contribution < 1.29 is 14.1 Å². The number of hydrogen-bond donors (Lipinski definition) is 1. The highest BCUT2D eigenvalue weighted by Crippen LogP contribution is 2.43. The minimum Gasteiger partial charge on any atom is -0.323 e. The summed E-state index contributed by atoms with van der Waals surface area (Å²) >= 11 is 6.06. The maximum Gasteiger partial charge on any atom is 0.271 e. The van der Waals surface area contributed by atoms with E-state index in [0.717, 1.165) is 36.6 Å². The van der Waals surface area contributed by atoms with Crippen LogP contribution >= 0.6 is 11.6 Å². The number of carbonyl (C=O) groups excluding carboxylic acids is 1. The molecule has 0 spiro atoms. The number of nitrogens with one attached hydrogen (secondary N) is 1. The average molecular weight is 363 g/mol. The van der Waals surface area contributed by atoms with Crippen LogP contribution in [0.25, 0.3) is 0 Å². The van der Waals surface area contributed by atoms with Crippen LogP contribution in [-0.4, -0.2) is 10.8 Å². The number of halogens is 2. The van der Waals surface area contributed by atoms with Crippen molar-refractivity contribution in [1.82, 2.24) is 0 Å². The SMILES string of the molecule is O=C(Nc1cc([N+](=O)[O-])ccc1F)C1(c2cccc(Cl)c2)CCCC1. The third kappa shape index (κ3) is 3.35. The van der Waals surface area contributed by atoms with E-state index in [-0.39, 0.29) is 17.3 Å². The van der Waals surface area contributed by atoms with Crippen LogP contribution in [0.1, 0.15) is 31.2 Å². The van der Waals surface area contributed by atoms with Crippen molar-refractivity contribution in [3.8, 4) is 0 Å². The molecule has 1 saturated carbocycles. The monoisotopic (exact) mass is 362 g/mol. The molecule has 0 radical (unpaired) electrons. The van der Waals surface area contributed by atoms with E-state index < -0.39 is 16.2 Å². The summed E-state index contributed by atoms with van der Waals surface area (Å²) in [6.07, 6.45) is 2.99. The molecule has 3 rings (SSSR count). The molecule has 25 heavy (non-hydrogen) atoms. The number of benzene rings is 2. The Balaban J connectivity index is 1.95. The van der Waals surface area contributed by atoms with Gasteiger partial charge in [-0.15, -0.1) is 0 Å². The number of nitrogens with zero attached hydrogens (tertiary/aromatic N) is 1. The highest BCUT2D eigenvalue weighted by Gasteiger charge is 2.43. The number of non-ortho nitro benzene ring substituents is 1. The predicted octanol–water partition coefficient (Wildman–Crippen LogP) is 4.84. The third-order valence-corrected chi connectivity index (χ3v) is 4.91. The standard InChI is InChI=1S/C18H16ClFN2O3/c19-13-5-3-4-12(10-13)18(8-1-2-9-18)17(23)21-16-11-14(22(24)25)6-7-15(16)20/h3-7,10-11H,1-2,8-9H2,(H,21,23). The number of carbonyl (C=O) groups is 1. The second kappa shape index (κ2) is 6.80. The number of hydrogen-bond acceptors (Lipinski definition) is 3. The second-order valence-electron chi connectivity index (χ2n) is 6.17. The van der Waals surface area contributed by atoms with Crippen molar-refractivity contribution in [2.75, 3.05) is 5.32 Å². The van der Waals surface area contributed by atoms with Crippen LogP contribution in [0.15, 0.2) is 42.5 Å². The normalized spacial score (nSPS) is 15.8. The molecule has 0 saturated heterocycles. The summed E-state index contributed by atoms with van der Waals surface area (Å²) in [6, 6.07) is 10.2. The van der Waals surface area contributed by atoms with Gasteiger partial charge < -0.3 is 5.32 Å². The number of amides is 1. The van der Waals surface area contributed by atoms with Gasteiger partial charge in [-0.1, -0.05) is 36.6 Å². The Hall–Kier alpha value is -2.47. The van der Waals surface area contributed by atoms with Gasteiger partial charge in [-0.3, -0.25) is 14.9 Å². The van der Waals surface area contributed by atoms with Crippen molar-refractivity contribution >= 4 is 28.9 Å². The molecular weight excluding hydrogens is 347 g/mol. The van der Waals surface area contributed by atoms with E-state index in [1.807, 2.05) is 6.07 Å². The Bertz CT molecular complexity index is 835. The predicted molar refractivity (Wildman–Crippen MR) is 93.3 cm³/mol. The van der Waals surface area contributed by atoms with Crippen LogP contribution < -0.4 is 5.32 Å². The van der Waals surface area contributed by atoms with Crippen LogP contribution in [0.5, 0.6) is 0 Å². The number of rotatable bonds is 4. The van der Waals surface area contributed by atoms with Crippen molar-refractivity contribution in [3.05, 3.63) is 69.0 Å². The van der Waals surface area contributed by atoms with Crippen LogP contribution in [-0.2, 0) is 10.2 Å². The van der Waals surface area contributed by atoms with Crippen LogP contribution in [0, 0.1) is 15.9 Å². The topological polar surface area (TPSA) is 72.2 Å². The molecule has 1 N–H and O–H groups in total. The van der Waals surface area contributed by atoms with Gasteiger partial charge in [-0.25, -0.2) is 4.39 Å². The molecule has 1 aliphatic carbocycles. The van der Waals surface area contributed by atoms with Crippen molar-refractivity contribution in [1.29, 1.82) is 0 Å². The molecule has 1 amide bonds. The van der Waals surface area contributed by atoms with Gasteiger partial charge in [0, 0.05) is 17.2 Å². The van der Waals surface area contributed by atoms with Gasteiger partial charge in [-0.2, -0.15) is 0 Å².